The molecule has 10 heteroatoms. The number of thiazole rings is 1. The van der Waals surface area contributed by atoms with Gasteiger partial charge in [0.2, 0.25) is 5.51 Å². The van der Waals surface area contributed by atoms with Crippen molar-refractivity contribution in [2.45, 2.75) is 97.6 Å². The Labute approximate surface area is 267 Å². The average Bonchev–Trinajstić information content (AvgIpc) is 3.42. The van der Waals surface area contributed by atoms with E-state index in [-0.39, 0.29) is 19.0 Å². The molecule has 1 N–H and O–H groups in total. The van der Waals surface area contributed by atoms with E-state index in [1.807, 2.05) is 49.7 Å². The van der Waals surface area contributed by atoms with Crippen LogP contribution >= 0.6 is 19.2 Å². The molecule has 0 saturated heterocycles. The third kappa shape index (κ3) is 15.0. The van der Waals surface area contributed by atoms with Gasteiger partial charge in [-0.2, -0.15) is 4.57 Å². The third-order valence-electron chi connectivity index (χ3n) is 7.06. The second-order valence-electron chi connectivity index (χ2n) is 11.0. The van der Waals surface area contributed by atoms with Gasteiger partial charge in [-0.05, 0) is 56.7 Å². The molecule has 0 aliphatic carbocycles. The first-order valence-electron chi connectivity index (χ1n) is 16.0. The Balaban J connectivity index is 1.34. The third-order valence-corrected chi connectivity index (χ3v) is 8.83. The minimum absolute atomic E-state index is 0.152. The van der Waals surface area contributed by atoms with Crippen LogP contribution in [0.5, 0.6) is 17.2 Å². The fourth-order valence-corrected chi connectivity index (χ4v) is 6.18. The van der Waals surface area contributed by atoms with Crippen LogP contribution in [0.25, 0.3) is 0 Å². The Bertz CT molecular complexity index is 1240. The van der Waals surface area contributed by atoms with E-state index in [1.165, 1.54) is 62.7 Å². The maximum absolute atomic E-state index is 12.7. The molecule has 44 heavy (non-hydrogen) atoms. The summed E-state index contributed by atoms with van der Waals surface area (Å²) < 4.78 is 42.8. The van der Waals surface area contributed by atoms with Gasteiger partial charge in [-0.15, -0.1) is 0 Å². The molecule has 0 radical (unpaired) electrons. The van der Waals surface area contributed by atoms with E-state index in [1.54, 1.807) is 29.5 Å². The molecular weight excluding hydrogens is 597 g/mol. The zero-order valence-electron chi connectivity index (χ0n) is 26.7. The van der Waals surface area contributed by atoms with Crippen molar-refractivity contribution >= 4 is 19.2 Å². The van der Waals surface area contributed by atoms with Crippen molar-refractivity contribution < 1.29 is 37.3 Å². The van der Waals surface area contributed by atoms with Crippen molar-refractivity contribution in [1.82, 2.24) is 0 Å². The first-order valence-corrected chi connectivity index (χ1v) is 18.4. The Morgan fingerprint density at radius 1 is 0.841 bits per heavy atom. The van der Waals surface area contributed by atoms with Crippen LogP contribution < -0.4 is 18.6 Å². The second kappa shape index (κ2) is 20.6. The fourth-order valence-electron chi connectivity index (χ4n) is 4.76. The van der Waals surface area contributed by atoms with E-state index in [2.05, 4.69) is 17.7 Å². The van der Waals surface area contributed by atoms with Crippen LogP contribution in [-0.4, -0.2) is 37.4 Å². The maximum atomic E-state index is 12.7. The fraction of sp³-hybridized carbons (Fsp3) is 0.559. The molecule has 2 aromatic carbocycles. The molecular formula is C34H51NO7PS+. The van der Waals surface area contributed by atoms with Gasteiger partial charge in [-0.25, -0.2) is 4.57 Å². The molecule has 0 aliphatic rings. The van der Waals surface area contributed by atoms with Crippen LogP contribution in [0.4, 0.5) is 0 Å². The molecule has 1 heterocycles. The molecule has 0 amide bonds. The number of benzene rings is 2. The van der Waals surface area contributed by atoms with E-state index in [0.717, 1.165) is 17.7 Å². The lowest BCUT2D eigenvalue weighted by atomic mass is 10.1. The molecule has 0 bridgehead atoms. The number of phosphoric acid groups is 1. The minimum atomic E-state index is -4.38. The number of hydrogen-bond acceptors (Lipinski definition) is 7. The molecule has 244 valence electrons. The zero-order valence-corrected chi connectivity index (χ0v) is 28.4. The zero-order chi connectivity index (χ0) is 31.5. The summed E-state index contributed by atoms with van der Waals surface area (Å²) in [6.45, 7) is 7.89. The molecule has 2 atom stereocenters. The first kappa shape index (κ1) is 36.1. The van der Waals surface area contributed by atoms with E-state index >= 15 is 0 Å². The van der Waals surface area contributed by atoms with Crippen molar-refractivity contribution in [3.05, 3.63) is 70.7 Å². The molecule has 0 spiro atoms. The van der Waals surface area contributed by atoms with E-state index in [9.17, 15) is 9.46 Å². The molecule has 0 aliphatic heterocycles. The number of unbranched alkanes of at least 4 members (excludes halogenated alkanes) is 9. The largest absolute Gasteiger partial charge is 0.527 e. The Hall–Kier alpha value is -2.42. The smallest absolute Gasteiger partial charge is 0.494 e. The molecule has 1 aromatic heterocycles. The average molecular weight is 649 g/mol. The van der Waals surface area contributed by atoms with Gasteiger partial charge in [-0.3, -0.25) is 9.42 Å². The SMILES string of the molecule is CCCCCCCCCCCCOc1ccc(OCC(COP(=O)(O)Oc2cccc(C[n+]3csc(C)c3)c2)OCC)cc1. The second-order valence-corrected chi connectivity index (χ2v) is 13.5. The number of hydrogen-bond donors (Lipinski definition) is 1. The van der Waals surface area contributed by atoms with Crippen LogP contribution in [0.3, 0.4) is 0 Å². The number of aryl methyl sites for hydroxylation is 1. The Morgan fingerprint density at radius 3 is 2.14 bits per heavy atom. The summed E-state index contributed by atoms with van der Waals surface area (Å²) in [6.07, 6.45) is 14.5. The van der Waals surface area contributed by atoms with E-state index < -0.39 is 13.9 Å². The Morgan fingerprint density at radius 2 is 1.50 bits per heavy atom. The highest BCUT2D eigenvalue weighted by atomic mass is 32.1. The standard InChI is InChI=1S/C34H50NO7PS/c1-4-6-7-8-9-10-11-12-13-14-22-39-31-18-20-32(21-19-31)40-26-34(38-5-2)27-41-43(36,37)42-33-17-15-16-30(23-33)25-35-24-29(3)44-28-35/h15-21,23-24,28,34H,4-14,22,25-27H2,1-3H3/p+1. The van der Waals surface area contributed by atoms with Gasteiger partial charge in [-0.1, -0.05) is 88.2 Å². The molecule has 3 aromatic rings. The van der Waals surface area contributed by atoms with Gasteiger partial charge >= 0.3 is 7.82 Å². The van der Waals surface area contributed by atoms with Crippen LogP contribution in [0.15, 0.2) is 60.2 Å². The normalized spacial score (nSPS) is 13.4. The van der Waals surface area contributed by atoms with E-state index in [0.29, 0.717) is 25.5 Å². The van der Waals surface area contributed by atoms with Gasteiger partial charge in [0, 0.05) is 12.2 Å². The van der Waals surface area contributed by atoms with Crippen LogP contribution in [0, 0.1) is 6.92 Å². The van der Waals surface area contributed by atoms with Crippen LogP contribution in [0.2, 0.25) is 0 Å². The highest BCUT2D eigenvalue weighted by molar-refractivity contribution is 7.47. The monoisotopic (exact) mass is 648 g/mol. The number of phosphoric ester groups is 1. The summed E-state index contributed by atoms with van der Waals surface area (Å²) in [4.78, 5) is 11.6. The van der Waals surface area contributed by atoms with Crippen LogP contribution in [-0.2, 0) is 20.4 Å². The summed E-state index contributed by atoms with van der Waals surface area (Å²) in [5.74, 6) is 1.73. The topological polar surface area (TPSA) is 87.3 Å². The van der Waals surface area contributed by atoms with Crippen molar-refractivity contribution in [2.24, 2.45) is 0 Å². The molecule has 8 nitrogen and oxygen atoms in total. The van der Waals surface area contributed by atoms with Gasteiger partial charge in [0.05, 0.1) is 18.1 Å². The minimum Gasteiger partial charge on any atom is -0.494 e. The predicted molar refractivity (Wildman–Crippen MR) is 176 cm³/mol. The van der Waals surface area contributed by atoms with Crippen molar-refractivity contribution in [3.63, 3.8) is 0 Å². The van der Waals surface area contributed by atoms with Crippen molar-refractivity contribution in [3.8, 4) is 17.2 Å². The van der Waals surface area contributed by atoms with Gasteiger partial charge < -0.3 is 18.7 Å². The lowest BCUT2D eigenvalue weighted by molar-refractivity contribution is -0.683. The molecule has 0 fully saturated rings. The lowest BCUT2D eigenvalue weighted by Crippen LogP contribution is -2.30. The van der Waals surface area contributed by atoms with Crippen molar-refractivity contribution in [1.29, 1.82) is 0 Å². The summed E-state index contributed by atoms with van der Waals surface area (Å²) >= 11 is 1.66. The number of rotatable bonds is 24. The molecule has 3 rings (SSSR count). The van der Waals surface area contributed by atoms with E-state index in [4.69, 9.17) is 23.3 Å². The summed E-state index contributed by atoms with van der Waals surface area (Å²) in [7, 11) is -4.38. The Kier molecular flexibility index (Phi) is 16.9. The first-order chi connectivity index (χ1) is 21.4. The summed E-state index contributed by atoms with van der Waals surface area (Å²) in [6, 6.07) is 14.6. The maximum Gasteiger partial charge on any atom is 0.527 e. The summed E-state index contributed by atoms with van der Waals surface area (Å²) in [5.41, 5.74) is 2.97. The van der Waals surface area contributed by atoms with Gasteiger partial charge in [0.1, 0.15) is 30.0 Å². The number of ether oxygens (including phenoxy) is 3. The number of aromatic nitrogens is 1. The van der Waals surface area contributed by atoms with Crippen LogP contribution in [0.1, 0.15) is 88.5 Å². The van der Waals surface area contributed by atoms with Gasteiger partial charge in [0.25, 0.3) is 0 Å². The number of nitrogens with zero attached hydrogens (tertiary/aromatic N) is 1. The molecule has 2 unspecified atom stereocenters. The molecule has 0 saturated carbocycles. The summed E-state index contributed by atoms with van der Waals surface area (Å²) in [5, 5.41) is 0. The predicted octanol–water partition coefficient (Wildman–Crippen LogP) is 8.67. The quantitative estimate of drug-likeness (QED) is 0.0591. The lowest BCUT2D eigenvalue weighted by Gasteiger charge is -2.20. The van der Waals surface area contributed by atoms with Gasteiger partial charge in [0.15, 0.2) is 12.7 Å². The highest BCUT2D eigenvalue weighted by Gasteiger charge is 2.26. The highest BCUT2D eigenvalue weighted by Crippen LogP contribution is 2.44. The van der Waals surface area contributed by atoms with Crippen molar-refractivity contribution in [2.75, 3.05) is 26.4 Å².